The van der Waals surface area contributed by atoms with Gasteiger partial charge in [-0.25, -0.2) is 0 Å². The van der Waals surface area contributed by atoms with Crippen LogP contribution in [0.25, 0.3) is 21.7 Å². The van der Waals surface area contributed by atoms with Crippen LogP contribution < -0.4 is 0 Å². The quantitative estimate of drug-likeness (QED) is 0.360. The molecular weight excluding hydrogens is 452 g/mol. The van der Waals surface area contributed by atoms with E-state index in [1.807, 2.05) is 36.4 Å². The molecule has 158 valence electrons. The van der Waals surface area contributed by atoms with Crippen molar-refractivity contribution in [1.82, 2.24) is 9.47 Å². The van der Waals surface area contributed by atoms with Gasteiger partial charge < -0.3 is 9.30 Å². The summed E-state index contributed by atoms with van der Waals surface area (Å²) in [6, 6.07) is 20.3. The van der Waals surface area contributed by atoms with Gasteiger partial charge in [0.1, 0.15) is 0 Å². The van der Waals surface area contributed by atoms with Crippen molar-refractivity contribution in [3.8, 4) is 0 Å². The highest BCUT2D eigenvalue weighted by Gasteiger charge is 2.23. The molecule has 1 aliphatic heterocycles. The molecule has 0 radical (unpaired) electrons. The lowest BCUT2D eigenvalue weighted by Crippen LogP contribution is -2.38. The fourth-order valence-corrected chi connectivity index (χ4v) is 5.00. The molecule has 0 saturated carbocycles. The van der Waals surface area contributed by atoms with E-state index in [2.05, 4.69) is 56.6 Å². The second-order valence-electron chi connectivity index (χ2n) is 8.08. The molecular formula is C26H25BrN2O2. The van der Waals surface area contributed by atoms with Crippen LogP contribution in [0, 0.1) is 6.92 Å². The summed E-state index contributed by atoms with van der Waals surface area (Å²) in [5, 5.41) is 3.10. The van der Waals surface area contributed by atoms with Gasteiger partial charge >= 0.3 is 0 Å². The molecule has 0 amide bonds. The highest BCUT2D eigenvalue weighted by molar-refractivity contribution is 9.10. The highest BCUT2D eigenvalue weighted by Crippen LogP contribution is 2.32. The molecule has 0 spiro atoms. The van der Waals surface area contributed by atoms with Crippen LogP contribution in [0.3, 0.4) is 0 Å². The molecule has 1 saturated heterocycles. The van der Waals surface area contributed by atoms with Crippen LogP contribution in [-0.4, -0.2) is 48.1 Å². The number of rotatable bonds is 5. The smallest absolute Gasteiger partial charge is 0.196 e. The Morgan fingerprint density at radius 1 is 0.968 bits per heavy atom. The zero-order valence-electron chi connectivity index (χ0n) is 17.6. The summed E-state index contributed by atoms with van der Waals surface area (Å²) >= 11 is 3.62. The van der Waals surface area contributed by atoms with E-state index < -0.39 is 0 Å². The maximum absolute atomic E-state index is 13.8. The lowest BCUT2D eigenvalue weighted by molar-refractivity contribution is 0.0365. The molecule has 0 unspecified atom stereocenters. The number of hydrogen-bond donors (Lipinski definition) is 0. The number of benzene rings is 3. The molecule has 31 heavy (non-hydrogen) atoms. The Morgan fingerprint density at radius 3 is 2.58 bits per heavy atom. The first-order valence-corrected chi connectivity index (χ1v) is 11.5. The topological polar surface area (TPSA) is 34.5 Å². The SMILES string of the molecule is Cc1c(C(=O)c2cccc3ccccc23)c2ccc(Br)cc2n1CCN1CCOCC1. The average molecular weight is 477 g/mol. The summed E-state index contributed by atoms with van der Waals surface area (Å²) in [5.41, 5.74) is 3.69. The summed E-state index contributed by atoms with van der Waals surface area (Å²) in [5.74, 6) is 0.0896. The molecule has 0 N–H and O–H groups in total. The van der Waals surface area contributed by atoms with E-state index in [9.17, 15) is 4.79 Å². The second kappa shape index (κ2) is 8.58. The number of nitrogens with zero attached hydrogens (tertiary/aromatic N) is 2. The van der Waals surface area contributed by atoms with E-state index in [1.54, 1.807) is 0 Å². The number of carbonyl (C=O) groups is 1. The maximum atomic E-state index is 13.8. The number of halogens is 1. The van der Waals surface area contributed by atoms with E-state index in [0.29, 0.717) is 0 Å². The Morgan fingerprint density at radius 2 is 1.74 bits per heavy atom. The molecule has 1 fully saturated rings. The van der Waals surface area contributed by atoms with E-state index >= 15 is 0 Å². The zero-order chi connectivity index (χ0) is 21.4. The number of carbonyl (C=O) groups excluding carboxylic acids is 1. The molecule has 1 aromatic heterocycles. The van der Waals surface area contributed by atoms with Crippen molar-refractivity contribution in [2.45, 2.75) is 13.5 Å². The minimum Gasteiger partial charge on any atom is -0.379 e. The Hall–Kier alpha value is -2.47. The summed E-state index contributed by atoms with van der Waals surface area (Å²) in [7, 11) is 0. The van der Waals surface area contributed by atoms with Gasteiger partial charge in [-0.2, -0.15) is 0 Å². The molecule has 3 aromatic carbocycles. The largest absolute Gasteiger partial charge is 0.379 e. The number of ketones is 1. The minimum atomic E-state index is 0.0896. The minimum absolute atomic E-state index is 0.0896. The molecule has 5 heteroatoms. The first kappa shape index (κ1) is 20.4. The van der Waals surface area contributed by atoms with E-state index in [0.717, 1.165) is 82.4 Å². The van der Waals surface area contributed by atoms with Gasteiger partial charge in [-0.1, -0.05) is 64.5 Å². The number of hydrogen-bond acceptors (Lipinski definition) is 3. The van der Waals surface area contributed by atoms with Gasteiger partial charge in [-0.3, -0.25) is 9.69 Å². The van der Waals surface area contributed by atoms with Gasteiger partial charge in [-0.15, -0.1) is 0 Å². The van der Waals surface area contributed by atoms with Crippen molar-refractivity contribution in [1.29, 1.82) is 0 Å². The van der Waals surface area contributed by atoms with E-state index in [4.69, 9.17) is 4.74 Å². The Kier molecular flexibility index (Phi) is 5.65. The van der Waals surface area contributed by atoms with Crippen LogP contribution >= 0.6 is 15.9 Å². The molecule has 5 rings (SSSR count). The van der Waals surface area contributed by atoms with Crippen molar-refractivity contribution in [3.05, 3.63) is 82.0 Å². The number of ether oxygens (including phenoxy) is 1. The van der Waals surface area contributed by atoms with Crippen molar-refractivity contribution in [2.75, 3.05) is 32.8 Å². The third-order valence-electron chi connectivity index (χ3n) is 6.29. The third-order valence-corrected chi connectivity index (χ3v) is 6.78. The molecule has 0 bridgehead atoms. The van der Waals surface area contributed by atoms with Gasteiger partial charge in [0.25, 0.3) is 0 Å². The van der Waals surface area contributed by atoms with Gasteiger partial charge in [0.15, 0.2) is 5.78 Å². The summed E-state index contributed by atoms with van der Waals surface area (Å²) in [6.07, 6.45) is 0. The van der Waals surface area contributed by atoms with Gasteiger partial charge in [-0.05, 0) is 29.8 Å². The standard InChI is InChI=1S/C26H25BrN2O2/c1-18-25(26(30)22-8-4-6-19-5-2-3-7-21(19)22)23-10-9-20(27)17-24(23)29(18)12-11-28-13-15-31-16-14-28/h2-10,17H,11-16H2,1H3. The molecule has 1 aliphatic rings. The molecule has 0 atom stereocenters. The maximum Gasteiger partial charge on any atom is 0.196 e. The van der Waals surface area contributed by atoms with Gasteiger partial charge in [0.05, 0.1) is 24.3 Å². The number of morpholine rings is 1. The Balaban J connectivity index is 1.60. The van der Waals surface area contributed by atoms with Crippen LogP contribution in [0.2, 0.25) is 0 Å². The number of fused-ring (bicyclic) bond motifs is 2. The van der Waals surface area contributed by atoms with Crippen molar-refractivity contribution >= 4 is 43.4 Å². The van der Waals surface area contributed by atoms with Crippen molar-refractivity contribution in [3.63, 3.8) is 0 Å². The fraction of sp³-hybridized carbons (Fsp3) is 0.269. The van der Waals surface area contributed by atoms with Crippen molar-refractivity contribution in [2.24, 2.45) is 0 Å². The summed E-state index contributed by atoms with van der Waals surface area (Å²) < 4.78 is 8.80. The number of aromatic nitrogens is 1. The predicted octanol–water partition coefficient (Wildman–Crippen LogP) is 5.43. The van der Waals surface area contributed by atoms with Crippen LogP contribution in [0.4, 0.5) is 0 Å². The third kappa shape index (κ3) is 3.82. The van der Waals surface area contributed by atoms with Crippen LogP contribution in [0.1, 0.15) is 21.6 Å². The Labute approximate surface area is 190 Å². The van der Waals surface area contributed by atoms with Crippen LogP contribution in [0.15, 0.2) is 65.1 Å². The molecule has 2 heterocycles. The zero-order valence-corrected chi connectivity index (χ0v) is 19.2. The summed E-state index contributed by atoms with van der Waals surface area (Å²) in [4.78, 5) is 16.3. The highest BCUT2D eigenvalue weighted by atomic mass is 79.9. The van der Waals surface area contributed by atoms with Crippen molar-refractivity contribution < 1.29 is 9.53 Å². The van der Waals surface area contributed by atoms with Crippen LogP contribution in [-0.2, 0) is 11.3 Å². The predicted molar refractivity (Wildman–Crippen MR) is 129 cm³/mol. The lowest BCUT2D eigenvalue weighted by atomic mass is 9.95. The normalized spacial score (nSPS) is 15.0. The lowest BCUT2D eigenvalue weighted by Gasteiger charge is -2.27. The molecule has 4 nitrogen and oxygen atoms in total. The fourth-order valence-electron chi connectivity index (χ4n) is 4.65. The van der Waals surface area contributed by atoms with Gasteiger partial charge in [0, 0.05) is 47.3 Å². The first-order chi connectivity index (χ1) is 15.1. The van der Waals surface area contributed by atoms with Gasteiger partial charge in [0.2, 0.25) is 0 Å². The summed E-state index contributed by atoms with van der Waals surface area (Å²) in [6.45, 7) is 7.38. The average Bonchev–Trinajstić information content (AvgIpc) is 3.07. The second-order valence-corrected chi connectivity index (χ2v) is 9.00. The monoisotopic (exact) mass is 476 g/mol. The van der Waals surface area contributed by atoms with Crippen LogP contribution in [0.5, 0.6) is 0 Å². The Bertz CT molecular complexity index is 1270. The van der Waals surface area contributed by atoms with E-state index in [-0.39, 0.29) is 5.78 Å². The van der Waals surface area contributed by atoms with E-state index in [1.165, 1.54) is 0 Å². The first-order valence-electron chi connectivity index (χ1n) is 10.7. The molecule has 0 aliphatic carbocycles. The molecule has 4 aromatic rings.